The number of amides is 2. The third kappa shape index (κ3) is 6.50. The first-order valence-corrected chi connectivity index (χ1v) is 13.2. The monoisotopic (exact) mass is 455 g/mol. The molecule has 3 heterocycles. The summed E-state index contributed by atoms with van der Waals surface area (Å²) in [5.74, 6) is 1.36. The Morgan fingerprint density at radius 3 is 2.58 bits per heavy atom. The maximum atomic E-state index is 13.3. The molecule has 6 heteroatoms. The van der Waals surface area contributed by atoms with Crippen LogP contribution in [0.25, 0.3) is 0 Å². The van der Waals surface area contributed by atoms with Crippen molar-refractivity contribution in [2.75, 3.05) is 45.9 Å². The Bertz CT molecular complexity index is 783. The van der Waals surface area contributed by atoms with E-state index >= 15 is 0 Å². The van der Waals surface area contributed by atoms with Gasteiger partial charge in [-0.25, -0.2) is 0 Å². The SMILES string of the molecule is O=C(CCCN1CCCC1)N1CCC2(CCCCCc3ccccc3OCCNC2=O)CC1. The Kier molecular flexibility index (Phi) is 8.65. The number of carbonyl (C=O) groups is 2. The Morgan fingerprint density at radius 2 is 1.76 bits per heavy atom. The van der Waals surface area contributed by atoms with Crippen LogP contribution in [0.15, 0.2) is 24.3 Å². The molecule has 3 aliphatic rings. The Morgan fingerprint density at radius 1 is 0.970 bits per heavy atom. The molecule has 6 nitrogen and oxygen atoms in total. The highest BCUT2D eigenvalue weighted by molar-refractivity contribution is 5.83. The molecule has 4 rings (SSSR count). The molecule has 0 unspecified atom stereocenters. The molecule has 0 aromatic heterocycles. The third-order valence-corrected chi connectivity index (χ3v) is 7.84. The van der Waals surface area contributed by atoms with E-state index in [1.54, 1.807) is 0 Å². The second-order valence-corrected chi connectivity index (χ2v) is 10.1. The minimum atomic E-state index is -0.340. The summed E-state index contributed by atoms with van der Waals surface area (Å²) in [4.78, 5) is 30.5. The Labute approximate surface area is 199 Å². The third-order valence-electron chi connectivity index (χ3n) is 7.84. The summed E-state index contributed by atoms with van der Waals surface area (Å²) in [6.07, 6.45) is 10.9. The predicted molar refractivity (Wildman–Crippen MR) is 130 cm³/mol. The average molecular weight is 456 g/mol. The number of hydrogen-bond acceptors (Lipinski definition) is 4. The molecule has 2 saturated heterocycles. The van der Waals surface area contributed by atoms with Crippen LogP contribution < -0.4 is 10.1 Å². The summed E-state index contributed by atoms with van der Waals surface area (Å²) in [5, 5.41) is 3.15. The second kappa shape index (κ2) is 11.9. The summed E-state index contributed by atoms with van der Waals surface area (Å²) < 4.78 is 5.98. The van der Waals surface area contributed by atoms with E-state index in [0.717, 1.165) is 63.7 Å². The van der Waals surface area contributed by atoms with Crippen LogP contribution in [0.2, 0.25) is 0 Å². The number of carbonyl (C=O) groups excluding carboxylic acids is 2. The van der Waals surface area contributed by atoms with E-state index in [1.807, 2.05) is 17.0 Å². The number of nitrogens with zero attached hydrogens (tertiary/aromatic N) is 2. The molecule has 0 saturated carbocycles. The van der Waals surface area contributed by atoms with Gasteiger partial charge in [0.15, 0.2) is 0 Å². The number of hydrogen-bond donors (Lipinski definition) is 1. The molecule has 33 heavy (non-hydrogen) atoms. The van der Waals surface area contributed by atoms with Gasteiger partial charge in [-0.15, -0.1) is 0 Å². The van der Waals surface area contributed by atoms with Crippen molar-refractivity contribution >= 4 is 11.8 Å². The van der Waals surface area contributed by atoms with Crippen molar-refractivity contribution in [2.24, 2.45) is 5.41 Å². The van der Waals surface area contributed by atoms with Gasteiger partial charge >= 0.3 is 0 Å². The Hall–Kier alpha value is -2.08. The zero-order chi connectivity index (χ0) is 22.9. The van der Waals surface area contributed by atoms with Gasteiger partial charge in [0.05, 0.1) is 12.0 Å². The van der Waals surface area contributed by atoms with Crippen LogP contribution in [0.5, 0.6) is 5.75 Å². The standard InChI is InChI=1S/C27H41N3O3/c31-25(12-8-19-29-17-6-7-18-29)30-20-14-27(15-21-30)13-5-1-2-9-23-10-3-4-11-24(23)33-22-16-28-26(27)32/h3-4,10-11H,1-2,5-9,12-22H2,(H,28,32). The number of likely N-dealkylation sites (tertiary alicyclic amines) is 2. The molecule has 0 atom stereocenters. The van der Waals surface area contributed by atoms with Crippen molar-refractivity contribution in [3.8, 4) is 5.75 Å². The molecular formula is C27H41N3O3. The summed E-state index contributed by atoms with van der Waals surface area (Å²) in [7, 11) is 0. The van der Waals surface area contributed by atoms with Crippen LogP contribution in [-0.4, -0.2) is 67.5 Å². The van der Waals surface area contributed by atoms with Gasteiger partial charge in [-0.3, -0.25) is 9.59 Å². The van der Waals surface area contributed by atoms with E-state index in [1.165, 1.54) is 31.5 Å². The minimum Gasteiger partial charge on any atom is -0.491 e. The highest BCUT2D eigenvalue weighted by Gasteiger charge is 2.41. The zero-order valence-corrected chi connectivity index (χ0v) is 20.2. The minimum absolute atomic E-state index is 0.153. The molecule has 1 aromatic rings. The lowest BCUT2D eigenvalue weighted by Crippen LogP contribution is -2.50. The van der Waals surface area contributed by atoms with Gasteiger partial charge in [0.1, 0.15) is 12.4 Å². The zero-order valence-electron chi connectivity index (χ0n) is 20.2. The van der Waals surface area contributed by atoms with E-state index in [4.69, 9.17) is 4.74 Å². The van der Waals surface area contributed by atoms with Gasteiger partial charge in [-0.2, -0.15) is 0 Å². The smallest absolute Gasteiger partial charge is 0.226 e. The van der Waals surface area contributed by atoms with Gasteiger partial charge in [-0.05, 0) is 82.6 Å². The van der Waals surface area contributed by atoms with Crippen LogP contribution in [0.3, 0.4) is 0 Å². The molecule has 0 aliphatic carbocycles. The molecule has 1 N–H and O–H groups in total. The normalized spacial score (nSPS) is 22.4. The van der Waals surface area contributed by atoms with Gasteiger partial charge < -0.3 is 19.9 Å². The van der Waals surface area contributed by atoms with Crippen LogP contribution >= 0.6 is 0 Å². The summed E-state index contributed by atoms with van der Waals surface area (Å²) >= 11 is 0. The van der Waals surface area contributed by atoms with Gasteiger partial charge in [0.2, 0.25) is 11.8 Å². The highest BCUT2D eigenvalue weighted by Crippen LogP contribution is 2.38. The van der Waals surface area contributed by atoms with Crippen LogP contribution in [0.1, 0.15) is 69.8 Å². The molecule has 1 aromatic carbocycles. The number of piperidine rings is 1. The van der Waals surface area contributed by atoms with E-state index in [0.29, 0.717) is 32.7 Å². The quantitative estimate of drug-likeness (QED) is 0.751. The van der Waals surface area contributed by atoms with Crippen LogP contribution in [-0.2, 0) is 16.0 Å². The van der Waals surface area contributed by atoms with Gasteiger partial charge in [0, 0.05) is 19.5 Å². The number of ether oxygens (including phenoxy) is 1. The van der Waals surface area contributed by atoms with Crippen LogP contribution in [0, 0.1) is 5.41 Å². The first-order chi connectivity index (χ1) is 16.2. The van der Waals surface area contributed by atoms with Crippen molar-refractivity contribution in [2.45, 2.75) is 70.6 Å². The Balaban J connectivity index is 1.28. The lowest BCUT2D eigenvalue weighted by molar-refractivity contribution is -0.141. The molecule has 182 valence electrons. The summed E-state index contributed by atoms with van der Waals surface area (Å²) in [6, 6.07) is 8.24. The van der Waals surface area contributed by atoms with Crippen molar-refractivity contribution in [1.82, 2.24) is 15.1 Å². The number of rotatable bonds is 4. The van der Waals surface area contributed by atoms with Crippen molar-refractivity contribution < 1.29 is 14.3 Å². The number of para-hydroxylation sites is 1. The number of benzene rings is 1. The van der Waals surface area contributed by atoms with Crippen molar-refractivity contribution in [3.05, 3.63) is 29.8 Å². The molecule has 0 radical (unpaired) electrons. The molecule has 0 bridgehead atoms. The fourth-order valence-electron chi connectivity index (χ4n) is 5.71. The lowest BCUT2D eigenvalue weighted by Gasteiger charge is -2.41. The second-order valence-electron chi connectivity index (χ2n) is 10.1. The van der Waals surface area contributed by atoms with Gasteiger partial charge in [0.25, 0.3) is 0 Å². The maximum absolute atomic E-state index is 13.3. The van der Waals surface area contributed by atoms with Gasteiger partial charge in [-0.1, -0.05) is 31.0 Å². The topological polar surface area (TPSA) is 61.9 Å². The lowest BCUT2D eigenvalue weighted by atomic mass is 9.73. The molecule has 3 aliphatic heterocycles. The summed E-state index contributed by atoms with van der Waals surface area (Å²) in [6.45, 7) is 5.83. The molecule has 1 spiro atoms. The molecule has 2 fully saturated rings. The van der Waals surface area contributed by atoms with Crippen molar-refractivity contribution in [1.29, 1.82) is 0 Å². The van der Waals surface area contributed by atoms with Crippen molar-refractivity contribution in [3.63, 3.8) is 0 Å². The fraction of sp³-hybridized carbons (Fsp3) is 0.704. The molecule has 2 amide bonds. The van der Waals surface area contributed by atoms with E-state index in [2.05, 4.69) is 22.3 Å². The number of aryl methyl sites for hydroxylation is 1. The highest BCUT2D eigenvalue weighted by atomic mass is 16.5. The van der Waals surface area contributed by atoms with Crippen LogP contribution in [0.4, 0.5) is 0 Å². The predicted octanol–water partition coefficient (Wildman–Crippen LogP) is 3.78. The fourth-order valence-corrected chi connectivity index (χ4v) is 5.71. The number of fused-ring (bicyclic) bond motifs is 1. The first kappa shape index (κ1) is 24.1. The molecular weight excluding hydrogens is 414 g/mol. The van der Waals surface area contributed by atoms with E-state index < -0.39 is 0 Å². The summed E-state index contributed by atoms with van der Waals surface area (Å²) in [5.41, 5.74) is 0.919. The average Bonchev–Trinajstić information content (AvgIpc) is 3.36. The van der Waals surface area contributed by atoms with E-state index in [9.17, 15) is 9.59 Å². The van der Waals surface area contributed by atoms with E-state index in [-0.39, 0.29) is 17.2 Å². The maximum Gasteiger partial charge on any atom is 0.226 e. The number of nitrogens with one attached hydrogen (secondary N) is 1. The first-order valence-electron chi connectivity index (χ1n) is 13.2. The largest absolute Gasteiger partial charge is 0.491 e.